The van der Waals surface area contributed by atoms with Crippen LogP contribution in [0.2, 0.25) is 0 Å². The molecule has 1 aliphatic rings. The molecule has 1 rings (SSSR count). The fourth-order valence-electron chi connectivity index (χ4n) is 2.04. The van der Waals surface area contributed by atoms with E-state index in [1.807, 2.05) is 14.1 Å². The first-order valence-electron chi connectivity index (χ1n) is 4.70. The molecule has 0 aromatic heterocycles. The zero-order chi connectivity index (χ0) is 10.1. The van der Waals surface area contributed by atoms with Crippen LogP contribution >= 0.6 is 0 Å². The van der Waals surface area contributed by atoms with E-state index in [-0.39, 0.29) is 12.7 Å². The number of nitrogens with zero attached hydrogens (tertiary/aromatic N) is 2. The molecule has 13 heavy (non-hydrogen) atoms. The van der Waals surface area contributed by atoms with E-state index in [1.54, 1.807) is 0 Å². The summed E-state index contributed by atoms with van der Waals surface area (Å²) in [5.74, 6) is -0.954. The molecule has 0 bridgehead atoms. The van der Waals surface area contributed by atoms with Gasteiger partial charge in [0.15, 0.2) is 0 Å². The Hall–Kier alpha value is -0.610. The van der Waals surface area contributed by atoms with Gasteiger partial charge in [0.25, 0.3) is 0 Å². The summed E-state index contributed by atoms with van der Waals surface area (Å²) in [6.07, 6.45) is 1.33. The Morgan fingerprint density at radius 2 is 2.31 bits per heavy atom. The molecule has 1 heterocycles. The summed E-state index contributed by atoms with van der Waals surface area (Å²) in [4.78, 5) is 12.8. The van der Waals surface area contributed by atoms with Crippen molar-refractivity contribution in [1.82, 2.24) is 4.90 Å². The minimum absolute atomic E-state index is 0.117. The predicted molar refractivity (Wildman–Crippen MR) is 47.6 cm³/mol. The standard InChI is InChI=1S/C9H18N2O2/c1-8-10(2)5-4-6-11(8,3)7-9(12)13/h8H,4-7H2,1-3H3. The van der Waals surface area contributed by atoms with Gasteiger partial charge >= 0.3 is 0 Å². The maximum Gasteiger partial charge on any atom is 0.142 e. The molecular formula is C9H18N2O2. The van der Waals surface area contributed by atoms with Crippen LogP contribution in [0.4, 0.5) is 0 Å². The summed E-state index contributed by atoms with van der Waals surface area (Å²) in [5, 5.41) is 10.6. The highest BCUT2D eigenvalue weighted by Crippen LogP contribution is 2.18. The zero-order valence-electron chi connectivity index (χ0n) is 8.62. The smallest absolute Gasteiger partial charge is 0.142 e. The van der Waals surface area contributed by atoms with E-state index in [4.69, 9.17) is 0 Å². The molecule has 0 spiro atoms. The zero-order valence-corrected chi connectivity index (χ0v) is 8.62. The number of rotatable bonds is 2. The van der Waals surface area contributed by atoms with Gasteiger partial charge in [-0.3, -0.25) is 4.90 Å². The molecule has 2 atom stereocenters. The van der Waals surface area contributed by atoms with Gasteiger partial charge in [-0.05, 0) is 7.05 Å². The third-order valence-electron chi connectivity index (χ3n) is 3.21. The molecule has 0 saturated carbocycles. The van der Waals surface area contributed by atoms with Gasteiger partial charge in [-0.2, -0.15) is 0 Å². The summed E-state index contributed by atoms with van der Waals surface area (Å²) in [6.45, 7) is 4.18. The number of likely N-dealkylation sites (N-methyl/N-ethyl adjacent to an activating group) is 1. The Balaban J connectivity index is 2.69. The molecule has 0 aromatic carbocycles. The molecule has 4 heteroatoms. The molecular weight excluding hydrogens is 168 g/mol. The van der Waals surface area contributed by atoms with Crippen molar-refractivity contribution in [3.05, 3.63) is 0 Å². The van der Waals surface area contributed by atoms with Gasteiger partial charge in [0.2, 0.25) is 0 Å². The van der Waals surface area contributed by atoms with Crippen LogP contribution in [0, 0.1) is 0 Å². The lowest BCUT2D eigenvalue weighted by atomic mass is 10.2. The summed E-state index contributed by atoms with van der Waals surface area (Å²) < 4.78 is 0.568. The molecule has 0 aliphatic carbocycles. The second-order valence-electron chi connectivity index (χ2n) is 4.20. The van der Waals surface area contributed by atoms with E-state index in [0.29, 0.717) is 4.48 Å². The molecule has 1 saturated heterocycles. The van der Waals surface area contributed by atoms with Gasteiger partial charge < -0.3 is 14.4 Å². The van der Waals surface area contributed by atoms with Gasteiger partial charge in [0.05, 0.1) is 19.6 Å². The third kappa shape index (κ3) is 2.19. The van der Waals surface area contributed by atoms with Crippen molar-refractivity contribution in [3.8, 4) is 0 Å². The number of hydrogen-bond donors (Lipinski definition) is 0. The van der Waals surface area contributed by atoms with Gasteiger partial charge in [-0.25, -0.2) is 0 Å². The molecule has 1 aliphatic heterocycles. The predicted octanol–water partition coefficient (Wildman–Crippen LogP) is -1.14. The van der Waals surface area contributed by atoms with Crippen molar-refractivity contribution >= 4 is 5.97 Å². The monoisotopic (exact) mass is 186 g/mol. The summed E-state index contributed by atoms with van der Waals surface area (Å²) >= 11 is 0. The molecule has 0 amide bonds. The van der Waals surface area contributed by atoms with E-state index < -0.39 is 5.97 Å². The Morgan fingerprint density at radius 1 is 1.69 bits per heavy atom. The third-order valence-corrected chi connectivity index (χ3v) is 3.21. The number of carboxylic acid groups (broad SMARTS) is 1. The molecule has 0 radical (unpaired) electrons. The van der Waals surface area contributed by atoms with Crippen LogP contribution < -0.4 is 5.11 Å². The van der Waals surface area contributed by atoms with Gasteiger partial charge in [-0.15, -0.1) is 0 Å². The largest absolute Gasteiger partial charge is 0.544 e. The maximum absolute atomic E-state index is 10.6. The second-order valence-corrected chi connectivity index (χ2v) is 4.20. The van der Waals surface area contributed by atoms with Gasteiger partial charge in [0, 0.05) is 19.9 Å². The molecule has 4 nitrogen and oxygen atoms in total. The van der Waals surface area contributed by atoms with Crippen LogP contribution in [0.15, 0.2) is 0 Å². The molecule has 0 aromatic rings. The first-order chi connectivity index (χ1) is 5.96. The minimum Gasteiger partial charge on any atom is -0.544 e. The number of quaternary nitrogens is 1. The highest BCUT2D eigenvalue weighted by Gasteiger charge is 2.35. The van der Waals surface area contributed by atoms with E-state index in [0.717, 1.165) is 19.5 Å². The van der Waals surface area contributed by atoms with Crippen molar-refractivity contribution in [2.75, 3.05) is 33.7 Å². The van der Waals surface area contributed by atoms with Crippen molar-refractivity contribution in [2.45, 2.75) is 19.5 Å². The Kier molecular flexibility index (Phi) is 2.93. The van der Waals surface area contributed by atoms with Crippen LogP contribution in [0.3, 0.4) is 0 Å². The SMILES string of the molecule is CC1N(C)CCC[N+]1(C)CC(=O)[O-]. The number of aliphatic carboxylic acids is 1. The van der Waals surface area contributed by atoms with Crippen molar-refractivity contribution in [3.63, 3.8) is 0 Å². The van der Waals surface area contributed by atoms with E-state index >= 15 is 0 Å². The molecule has 1 fully saturated rings. The minimum atomic E-state index is -0.954. The van der Waals surface area contributed by atoms with Gasteiger partial charge in [-0.1, -0.05) is 0 Å². The van der Waals surface area contributed by atoms with Gasteiger partial charge in [0.1, 0.15) is 12.7 Å². The maximum atomic E-state index is 10.6. The highest BCUT2D eigenvalue weighted by molar-refractivity contribution is 5.65. The van der Waals surface area contributed by atoms with Crippen molar-refractivity contribution in [2.24, 2.45) is 0 Å². The Morgan fingerprint density at radius 3 is 2.85 bits per heavy atom. The normalized spacial score (nSPS) is 36.1. The van der Waals surface area contributed by atoms with Crippen LogP contribution in [0.5, 0.6) is 0 Å². The average molecular weight is 186 g/mol. The fraction of sp³-hybridized carbons (Fsp3) is 0.889. The number of carboxylic acids is 1. The van der Waals surface area contributed by atoms with Crippen LogP contribution in [0.1, 0.15) is 13.3 Å². The first-order valence-corrected chi connectivity index (χ1v) is 4.70. The average Bonchev–Trinajstić information content (AvgIpc) is 1.99. The summed E-state index contributed by atoms with van der Waals surface area (Å²) in [6, 6.07) is 0. The molecule has 2 unspecified atom stereocenters. The van der Waals surface area contributed by atoms with Crippen LogP contribution in [-0.2, 0) is 4.79 Å². The second kappa shape index (κ2) is 3.64. The fourth-order valence-corrected chi connectivity index (χ4v) is 2.04. The lowest BCUT2D eigenvalue weighted by Crippen LogP contribution is -2.64. The molecule has 76 valence electrons. The van der Waals surface area contributed by atoms with E-state index in [1.165, 1.54) is 0 Å². The van der Waals surface area contributed by atoms with E-state index in [9.17, 15) is 9.90 Å². The quantitative estimate of drug-likeness (QED) is 0.512. The summed E-state index contributed by atoms with van der Waals surface area (Å²) in [5.41, 5.74) is 0. The number of carbonyl (C=O) groups excluding carboxylic acids is 1. The summed E-state index contributed by atoms with van der Waals surface area (Å²) in [7, 11) is 4.02. The lowest BCUT2D eigenvalue weighted by molar-refractivity contribution is -0.942. The highest BCUT2D eigenvalue weighted by atomic mass is 16.4. The van der Waals surface area contributed by atoms with Crippen molar-refractivity contribution < 1.29 is 14.4 Å². The topological polar surface area (TPSA) is 43.4 Å². The Labute approximate surface area is 79.3 Å². The van der Waals surface area contributed by atoms with E-state index in [2.05, 4.69) is 11.8 Å². The lowest BCUT2D eigenvalue weighted by Gasteiger charge is -2.47. The first kappa shape index (κ1) is 10.5. The number of hydrogen-bond acceptors (Lipinski definition) is 3. The molecule has 0 N–H and O–H groups in total. The van der Waals surface area contributed by atoms with Crippen molar-refractivity contribution in [1.29, 1.82) is 0 Å². The number of carbonyl (C=O) groups is 1. The van der Waals surface area contributed by atoms with Crippen LogP contribution in [0.25, 0.3) is 0 Å². The Bertz CT molecular complexity index is 208. The van der Waals surface area contributed by atoms with Crippen LogP contribution in [-0.4, -0.2) is 55.2 Å².